The van der Waals surface area contributed by atoms with Gasteiger partial charge in [0.05, 0.1) is 5.69 Å². The molecule has 0 aliphatic carbocycles. The number of carbonyl (C=O) groups is 2. The van der Waals surface area contributed by atoms with Crippen molar-refractivity contribution >= 4 is 23.2 Å². The van der Waals surface area contributed by atoms with Crippen LogP contribution in [0.25, 0.3) is 0 Å². The zero-order chi connectivity index (χ0) is 17.6. The van der Waals surface area contributed by atoms with E-state index in [4.69, 9.17) is 0 Å². The van der Waals surface area contributed by atoms with Gasteiger partial charge in [0.15, 0.2) is 0 Å². The Bertz CT molecular complexity index is 862. The minimum atomic E-state index is -0.549. The summed E-state index contributed by atoms with van der Waals surface area (Å²) >= 11 is 0. The highest BCUT2D eigenvalue weighted by Gasteiger charge is 2.15. The summed E-state index contributed by atoms with van der Waals surface area (Å²) in [5.41, 5.74) is 1.81. The summed E-state index contributed by atoms with van der Waals surface area (Å²) in [6.45, 7) is 0. The van der Waals surface area contributed by atoms with Gasteiger partial charge in [-0.3, -0.25) is 14.8 Å². The molecule has 3 aromatic carbocycles. The van der Waals surface area contributed by atoms with Crippen LogP contribution in [0.5, 0.6) is 0 Å². The monoisotopic (exact) mass is 332 g/mol. The van der Waals surface area contributed by atoms with Gasteiger partial charge in [-0.25, -0.2) is 0 Å². The number of hydroxylamine groups is 1. The number of para-hydroxylation sites is 1. The van der Waals surface area contributed by atoms with E-state index >= 15 is 0 Å². The lowest BCUT2D eigenvalue weighted by Gasteiger charge is -2.15. The minimum absolute atomic E-state index is 0.229. The number of benzene rings is 3. The number of carbonyl (C=O) groups excluding carboxylic acids is 2. The van der Waals surface area contributed by atoms with Crippen molar-refractivity contribution in [3.05, 3.63) is 96.1 Å². The first-order valence-corrected chi connectivity index (χ1v) is 7.70. The average Bonchev–Trinajstić information content (AvgIpc) is 2.69. The van der Waals surface area contributed by atoms with Crippen LogP contribution in [-0.2, 0) is 0 Å². The largest absolute Gasteiger partial charge is 0.322 e. The number of rotatable bonds is 4. The molecule has 0 heterocycles. The van der Waals surface area contributed by atoms with Crippen LogP contribution in [0.15, 0.2) is 84.9 Å². The molecule has 0 saturated carbocycles. The molecule has 2 amide bonds. The summed E-state index contributed by atoms with van der Waals surface area (Å²) in [6, 6.07) is 23.7. The van der Waals surface area contributed by atoms with E-state index in [1.165, 1.54) is 0 Å². The molecule has 0 aliphatic heterocycles. The van der Waals surface area contributed by atoms with E-state index in [1.807, 2.05) is 6.07 Å². The van der Waals surface area contributed by atoms with E-state index in [1.54, 1.807) is 78.9 Å². The van der Waals surface area contributed by atoms with Gasteiger partial charge < -0.3 is 5.32 Å². The van der Waals surface area contributed by atoms with Crippen molar-refractivity contribution < 1.29 is 14.8 Å². The van der Waals surface area contributed by atoms with Gasteiger partial charge >= 0.3 is 0 Å². The standard InChI is InChI=1S/C20H16N2O3/c23-19(15-7-3-1-4-8-15)21-17-13-11-16(12-14-17)20(24)22(25)18-9-5-2-6-10-18/h1-14,25H,(H,21,23). The summed E-state index contributed by atoms with van der Waals surface area (Å²) in [6.07, 6.45) is 0. The fraction of sp³-hybridized carbons (Fsp3) is 0. The lowest BCUT2D eigenvalue weighted by molar-refractivity contribution is 0.0854. The van der Waals surface area contributed by atoms with Gasteiger partial charge in [0, 0.05) is 16.8 Å². The summed E-state index contributed by atoms with van der Waals surface area (Å²) in [5, 5.41) is 13.4. The smallest absolute Gasteiger partial charge is 0.281 e. The lowest BCUT2D eigenvalue weighted by atomic mass is 10.1. The van der Waals surface area contributed by atoms with Crippen LogP contribution in [-0.4, -0.2) is 17.0 Å². The van der Waals surface area contributed by atoms with Crippen LogP contribution in [0.1, 0.15) is 20.7 Å². The van der Waals surface area contributed by atoms with Crippen molar-refractivity contribution in [2.75, 3.05) is 10.4 Å². The maximum atomic E-state index is 12.3. The van der Waals surface area contributed by atoms with Gasteiger partial charge in [0.2, 0.25) is 0 Å². The number of nitrogens with one attached hydrogen (secondary N) is 1. The van der Waals surface area contributed by atoms with E-state index in [-0.39, 0.29) is 5.91 Å². The molecule has 0 aromatic heterocycles. The highest BCUT2D eigenvalue weighted by molar-refractivity contribution is 6.06. The molecule has 5 heteroatoms. The zero-order valence-corrected chi connectivity index (χ0v) is 13.3. The molecule has 0 radical (unpaired) electrons. The van der Waals surface area contributed by atoms with Crippen molar-refractivity contribution in [2.24, 2.45) is 0 Å². The summed E-state index contributed by atoms with van der Waals surface area (Å²) in [4.78, 5) is 24.4. The predicted octanol–water partition coefficient (Wildman–Crippen LogP) is 3.97. The van der Waals surface area contributed by atoms with Crippen LogP contribution in [0, 0.1) is 0 Å². The second-order valence-electron chi connectivity index (χ2n) is 5.35. The Morgan fingerprint density at radius 2 is 1.28 bits per heavy atom. The Morgan fingerprint density at radius 3 is 1.88 bits per heavy atom. The molecule has 5 nitrogen and oxygen atoms in total. The Labute approximate surface area is 145 Å². The fourth-order valence-electron chi connectivity index (χ4n) is 2.30. The molecule has 0 spiro atoms. The van der Waals surface area contributed by atoms with Gasteiger partial charge in [-0.15, -0.1) is 0 Å². The Hall–Kier alpha value is -3.44. The van der Waals surface area contributed by atoms with E-state index in [2.05, 4.69) is 5.32 Å². The van der Waals surface area contributed by atoms with Crippen LogP contribution < -0.4 is 10.4 Å². The number of nitrogens with zero attached hydrogens (tertiary/aromatic N) is 1. The normalized spacial score (nSPS) is 10.1. The van der Waals surface area contributed by atoms with Crippen LogP contribution >= 0.6 is 0 Å². The number of anilines is 2. The van der Waals surface area contributed by atoms with E-state index in [0.29, 0.717) is 27.6 Å². The third-order valence-electron chi connectivity index (χ3n) is 3.62. The first kappa shape index (κ1) is 16.4. The third-order valence-corrected chi connectivity index (χ3v) is 3.62. The highest BCUT2D eigenvalue weighted by atomic mass is 16.5. The second-order valence-corrected chi connectivity index (χ2v) is 5.35. The molecule has 0 fully saturated rings. The highest BCUT2D eigenvalue weighted by Crippen LogP contribution is 2.17. The molecular formula is C20H16N2O3. The predicted molar refractivity (Wildman–Crippen MR) is 95.9 cm³/mol. The van der Waals surface area contributed by atoms with Crippen molar-refractivity contribution in [3.8, 4) is 0 Å². The second kappa shape index (κ2) is 7.42. The number of hydrogen-bond acceptors (Lipinski definition) is 3. The van der Waals surface area contributed by atoms with Gasteiger partial charge in [-0.2, -0.15) is 5.06 Å². The number of hydrogen-bond donors (Lipinski definition) is 2. The lowest BCUT2D eigenvalue weighted by Crippen LogP contribution is -2.26. The maximum Gasteiger partial charge on any atom is 0.281 e. The van der Waals surface area contributed by atoms with E-state index in [0.717, 1.165) is 0 Å². The summed E-state index contributed by atoms with van der Waals surface area (Å²) < 4.78 is 0. The van der Waals surface area contributed by atoms with Crippen LogP contribution in [0.3, 0.4) is 0 Å². The Morgan fingerprint density at radius 1 is 0.720 bits per heavy atom. The van der Waals surface area contributed by atoms with Gasteiger partial charge in [-0.1, -0.05) is 36.4 Å². The molecule has 25 heavy (non-hydrogen) atoms. The third kappa shape index (κ3) is 3.91. The molecule has 0 bridgehead atoms. The van der Waals surface area contributed by atoms with Gasteiger partial charge in [-0.05, 0) is 48.5 Å². The van der Waals surface area contributed by atoms with Gasteiger partial charge in [0.1, 0.15) is 0 Å². The minimum Gasteiger partial charge on any atom is -0.322 e. The molecule has 3 aromatic rings. The topological polar surface area (TPSA) is 69.6 Å². The molecule has 0 atom stereocenters. The SMILES string of the molecule is O=C(Nc1ccc(C(=O)N(O)c2ccccc2)cc1)c1ccccc1. The Balaban J connectivity index is 1.70. The van der Waals surface area contributed by atoms with Crippen molar-refractivity contribution in [1.82, 2.24) is 0 Å². The van der Waals surface area contributed by atoms with Crippen molar-refractivity contribution in [2.45, 2.75) is 0 Å². The van der Waals surface area contributed by atoms with Crippen molar-refractivity contribution in [3.63, 3.8) is 0 Å². The van der Waals surface area contributed by atoms with E-state index in [9.17, 15) is 14.8 Å². The van der Waals surface area contributed by atoms with Crippen LogP contribution in [0.2, 0.25) is 0 Å². The fourth-order valence-corrected chi connectivity index (χ4v) is 2.30. The quantitative estimate of drug-likeness (QED) is 0.561. The molecular weight excluding hydrogens is 316 g/mol. The summed E-state index contributed by atoms with van der Waals surface area (Å²) in [5.74, 6) is -0.778. The molecule has 0 saturated heterocycles. The molecule has 3 rings (SSSR count). The maximum absolute atomic E-state index is 12.3. The van der Waals surface area contributed by atoms with Crippen LogP contribution in [0.4, 0.5) is 11.4 Å². The van der Waals surface area contributed by atoms with Crippen molar-refractivity contribution in [1.29, 1.82) is 0 Å². The molecule has 124 valence electrons. The summed E-state index contributed by atoms with van der Waals surface area (Å²) in [7, 11) is 0. The molecule has 2 N–H and O–H groups in total. The molecule has 0 unspecified atom stereocenters. The van der Waals surface area contributed by atoms with Gasteiger partial charge in [0.25, 0.3) is 11.8 Å². The molecule has 0 aliphatic rings. The number of amides is 2. The van der Waals surface area contributed by atoms with E-state index < -0.39 is 5.91 Å². The first-order valence-electron chi connectivity index (χ1n) is 7.70. The Kier molecular flexibility index (Phi) is 4.87. The first-order chi connectivity index (χ1) is 12.1. The average molecular weight is 332 g/mol. The zero-order valence-electron chi connectivity index (χ0n) is 13.3.